The number of amides is 1. The third-order valence-corrected chi connectivity index (χ3v) is 3.92. The highest BCUT2D eigenvalue weighted by atomic mass is 35.5. The highest BCUT2D eigenvalue weighted by molar-refractivity contribution is 6.37. The topological polar surface area (TPSA) is 75.6 Å². The maximum Gasteiger partial charge on any atom is 0.307 e. The number of ether oxygens (including phenoxy) is 1. The van der Waals surface area contributed by atoms with E-state index in [0.29, 0.717) is 16.8 Å². The Bertz CT molecular complexity index is 819. The summed E-state index contributed by atoms with van der Waals surface area (Å²) in [5.41, 5.74) is 1.23. The van der Waals surface area contributed by atoms with E-state index in [4.69, 9.17) is 33.0 Å². The van der Waals surface area contributed by atoms with Crippen LogP contribution >= 0.6 is 23.2 Å². The molecule has 5 nitrogen and oxygen atoms in total. The molecule has 0 aromatic heterocycles. The van der Waals surface area contributed by atoms with Gasteiger partial charge in [-0.15, -0.1) is 0 Å². The molecule has 0 spiro atoms. The van der Waals surface area contributed by atoms with Gasteiger partial charge in [0.15, 0.2) is 5.75 Å². The highest BCUT2D eigenvalue weighted by Crippen LogP contribution is 2.35. The average Bonchev–Trinajstić information content (AvgIpc) is 2.52. The molecule has 0 aliphatic rings. The van der Waals surface area contributed by atoms with Crippen molar-refractivity contribution in [2.75, 3.05) is 5.32 Å². The zero-order valence-electron chi connectivity index (χ0n) is 13.8. The van der Waals surface area contributed by atoms with E-state index in [2.05, 4.69) is 5.32 Å². The molecule has 0 heterocycles. The number of hydrogen-bond acceptors (Lipinski definition) is 3. The van der Waals surface area contributed by atoms with Gasteiger partial charge in [0.25, 0.3) is 0 Å². The van der Waals surface area contributed by atoms with Crippen molar-refractivity contribution in [2.45, 2.75) is 26.4 Å². The average molecular weight is 400 g/mol. The molecule has 8 heteroatoms. The molecule has 1 amide bonds. The van der Waals surface area contributed by atoms with E-state index in [1.165, 1.54) is 24.3 Å². The summed E-state index contributed by atoms with van der Waals surface area (Å²) in [4.78, 5) is 22.2. The fourth-order valence-electron chi connectivity index (χ4n) is 2.24. The summed E-state index contributed by atoms with van der Waals surface area (Å²) < 4.78 is 19.3. The third kappa shape index (κ3) is 5.61. The van der Waals surface area contributed by atoms with Crippen molar-refractivity contribution in [3.05, 3.63) is 57.3 Å². The van der Waals surface area contributed by atoms with E-state index in [1.54, 1.807) is 13.0 Å². The number of aliphatic carboxylic acids is 1. The molecule has 2 aromatic rings. The Morgan fingerprint density at radius 2 is 1.77 bits per heavy atom. The first kappa shape index (κ1) is 20.0. The van der Waals surface area contributed by atoms with Gasteiger partial charge in [-0.1, -0.05) is 30.1 Å². The largest absolute Gasteiger partial charge is 0.486 e. The van der Waals surface area contributed by atoms with Gasteiger partial charge < -0.3 is 15.2 Å². The zero-order valence-corrected chi connectivity index (χ0v) is 15.3. The van der Waals surface area contributed by atoms with Gasteiger partial charge in [0.05, 0.1) is 16.5 Å². The van der Waals surface area contributed by atoms with Gasteiger partial charge in [-0.25, -0.2) is 4.39 Å². The summed E-state index contributed by atoms with van der Waals surface area (Å²) in [6.07, 6.45) is 0.0559. The number of carbonyl (C=O) groups excluding carboxylic acids is 1. The standard InChI is InChI=1S/C18H16Cl2FNO4/c1-2-16(23)22-13-4-11(3-12(21)8-13)9-26-18-14(19)5-10(6-15(18)20)7-17(24)25/h3-6,8H,2,7,9H2,1H3,(H,22,23)(H,24,25). The van der Waals surface area contributed by atoms with Gasteiger partial charge >= 0.3 is 5.97 Å². The van der Waals surface area contributed by atoms with Crippen LogP contribution in [0.5, 0.6) is 5.75 Å². The lowest BCUT2D eigenvalue weighted by atomic mass is 10.1. The number of carbonyl (C=O) groups is 2. The summed E-state index contributed by atoms with van der Waals surface area (Å²) in [6, 6.07) is 6.96. The molecule has 2 aromatic carbocycles. The fourth-order valence-corrected chi connectivity index (χ4v) is 2.88. The first-order valence-corrected chi connectivity index (χ1v) is 8.46. The number of rotatable bonds is 7. The summed E-state index contributed by atoms with van der Waals surface area (Å²) in [7, 11) is 0. The summed E-state index contributed by atoms with van der Waals surface area (Å²) in [5.74, 6) is -1.59. The monoisotopic (exact) mass is 399 g/mol. The molecular formula is C18H16Cl2FNO4. The lowest BCUT2D eigenvalue weighted by molar-refractivity contribution is -0.136. The number of carboxylic acid groups (broad SMARTS) is 1. The predicted octanol–water partition coefficient (Wildman–Crippen LogP) is 4.69. The Morgan fingerprint density at radius 3 is 2.35 bits per heavy atom. The minimum Gasteiger partial charge on any atom is -0.486 e. The normalized spacial score (nSPS) is 10.5. The fraction of sp³-hybridized carbons (Fsp3) is 0.222. The summed E-state index contributed by atoms with van der Waals surface area (Å²) in [5, 5.41) is 11.7. The molecule has 0 atom stereocenters. The quantitative estimate of drug-likeness (QED) is 0.707. The summed E-state index contributed by atoms with van der Waals surface area (Å²) in [6.45, 7) is 1.65. The highest BCUT2D eigenvalue weighted by Gasteiger charge is 2.13. The second kappa shape index (κ2) is 8.87. The Labute approximate surface area is 159 Å². The first-order chi connectivity index (χ1) is 12.3. The molecule has 0 radical (unpaired) electrons. The predicted molar refractivity (Wildman–Crippen MR) is 97.5 cm³/mol. The van der Waals surface area contributed by atoms with E-state index in [0.717, 1.165) is 0 Å². The van der Waals surface area contributed by atoms with E-state index in [9.17, 15) is 14.0 Å². The van der Waals surface area contributed by atoms with Crippen LogP contribution in [-0.4, -0.2) is 17.0 Å². The van der Waals surface area contributed by atoms with Gasteiger partial charge in [-0.3, -0.25) is 9.59 Å². The molecule has 0 saturated carbocycles. The molecule has 2 rings (SSSR count). The van der Waals surface area contributed by atoms with Crippen LogP contribution in [0.25, 0.3) is 0 Å². The van der Waals surface area contributed by atoms with E-state index >= 15 is 0 Å². The molecule has 0 fully saturated rings. The van der Waals surface area contributed by atoms with Crippen LogP contribution in [0.4, 0.5) is 10.1 Å². The molecule has 26 heavy (non-hydrogen) atoms. The number of nitrogens with one attached hydrogen (secondary N) is 1. The van der Waals surface area contributed by atoms with Crippen molar-refractivity contribution in [3.8, 4) is 5.75 Å². The van der Waals surface area contributed by atoms with Crippen LogP contribution in [0.1, 0.15) is 24.5 Å². The molecular weight excluding hydrogens is 384 g/mol. The van der Waals surface area contributed by atoms with E-state index in [-0.39, 0.29) is 41.2 Å². The number of carboxylic acids is 1. The van der Waals surface area contributed by atoms with Gasteiger partial charge in [0, 0.05) is 12.1 Å². The molecule has 0 saturated heterocycles. The smallest absolute Gasteiger partial charge is 0.307 e. The van der Waals surface area contributed by atoms with Crippen molar-refractivity contribution in [3.63, 3.8) is 0 Å². The van der Waals surface area contributed by atoms with Crippen LogP contribution in [-0.2, 0) is 22.6 Å². The minimum absolute atomic E-state index is 0.0372. The Balaban J connectivity index is 2.16. The van der Waals surface area contributed by atoms with Crippen molar-refractivity contribution in [1.82, 2.24) is 0 Å². The lowest BCUT2D eigenvalue weighted by Gasteiger charge is -2.13. The summed E-state index contributed by atoms with van der Waals surface area (Å²) >= 11 is 12.2. The first-order valence-electron chi connectivity index (χ1n) is 7.70. The van der Waals surface area contributed by atoms with Gasteiger partial charge in [0.2, 0.25) is 5.91 Å². The minimum atomic E-state index is -1.01. The van der Waals surface area contributed by atoms with Gasteiger partial charge in [-0.05, 0) is 41.5 Å². The van der Waals surface area contributed by atoms with Crippen LogP contribution in [0, 0.1) is 5.82 Å². The number of hydrogen-bond donors (Lipinski definition) is 2. The van der Waals surface area contributed by atoms with Crippen LogP contribution in [0.15, 0.2) is 30.3 Å². The van der Waals surface area contributed by atoms with Crippen LogP contribution in [0.2, 0.25) is 10.0 Å². The second-order valence-electron chi connectivity index (χ2n) is 5.50. The van der Waals surface area contributed by atoms with Gasteiger partial charge in [-0.2, -0.15) is 0 Å². The van der Waals surface area contributed by atoms with Crippen molar-refractivity contribution in [2.24, 2.45) is 0 Å². The Kier molecular flexibility index (Phi) is 6.83. The van der Waals surface area contributed by atoms with Crippen LogP contribution < -0.4 is 10.1 Å². The number of benzene rings is 2. The van der Waals surface area contributed by atoms with Crippen LogP contribution in [0.3, 0.4) is 0 Å². The maximum atomic E-state index is 13.7. The number of anilines is 1. The molecule has 0 aliphatic carbocycles. The number of halogens is 3. The lowest BCUT2D eigenvalue weighted by Crippen LogP contribution is -2.10. The maximum absolute atomic E-state index is 13.7. The third-order valence-electron chi connectivity index (χ3n) is 3.36. The zero-order chi connectivity index (χ0) is 19.3. The molecule has 0 unspecified atom stereocenters. The SMILES string of the molecule is CCC(=O)Nc1cc(F)cc(COc2c(Cl)cc(CC(=O)O)cc2Cl)c1. The van der Waals surface area contributed by atoms with Gasteiger partial charge in [0.1, 0.15) is 12.4 Å². The van der Waals surface area contributed by atoms with Crippen molar-refractivity contribution >= 4 is 40.8 Å². The molecule has 0 bridgehead atoms. The molecule has 138 valence electrons. The molecule has 0 aliphatic heterocycles. The second-order valence-corrected chi connectivity index (χ2v) is 6.31. The van der Waals surface area contributed by atoms with Crippen molar-refractivity contribution < 1.29 is 23.8 Å². The van der Waals surface area contributed by atoms with Crippen molar-refractivity contribution in [1.29, 1.82) is 0 Å². The Hall–Kier alpha value is -2.31. The van der Waals surface area contributed by atoms with E-state index < -0.39 is 11.8 Å². The van der Waals surface area contributed by atoms with E-state index in [1.807, 2.05) is 0 Å². The Morgan fingerprint density at radius 1 is 1.12 bits per heavy atom. The molecule has 2 N–H and O–H groups in total.